The second-order valence-corrected chi connectivity index (χ2v) is 5.97. The highest BCUT2D eigenvalue weighted by Gasteiger charge is 2.25. The van der Waals surface area contributed by atoms with Crippen molar-refractivity contribution < 1.29 is 14.6 Å². The number of nitrogens with zero attached hydrogens (tertiary/aromatic N) is 1. The Morgan fingerprint density at radius 3 is 2.57 bits per heavy atom. The molecule has 1 aromatic carbocycles. The van der Waals surface area contributed by atoms with Crippen LogP contribution in [-0.2, 0) is 11.2 Å². The van der Waals surface area contributed by atoms with Gasteiger partial charge in [0.15, 0.2) is 0 Å². The van der Waals surface area contributed by atoms with E-state index in [0.29, 0.717) is 0 Å². The van der Waals surface area contributed by atoms with E-state index in [2.05, 4.69) is 24.0 Å². The maximum atomic E-state index is 11.2. The van der Waals surface area contributed by atoms with Gasteiger partial charge in [-0.15, -0.1) is 0 Å². The first-order chi connectivity index (χ1) is 10.0. The zero-order valence-electron chi connectivity index (χ0n) is 13.2. The maximum Gasteiger partial charge on any atom is 0.304 e. The molecular formula is C17H25NO3. The van der Waals surface area contributed by atoms with Gasteiger partial charge >= 0.3 is 5.97 Å². The minimum absolute atomic E-state index is 0.0556. The Morgan fingerprint density at radius 2 is 2.00 bits per heavy atom. The van der Waals surface area contributed by atoms with Crippen molar-refractivity contribution in [3.05, 3.63) is 28.8 Å². The van der Waals surface area contributed by atoms with E-state index in [1.165, 1.54) is 18.4 Å². The molecular weight excluding hydrogens is 266 g/mol. The quantitative estimate of drug-likeness (QED) is 0.875. The third-order valence-corrected chi connectivity index (χ3v) is 4.22. The van der Waals surface area contributed by atoms with Crippen LogP contribution in [0.15, 0.2) is 12.1 Å². The van der Waals surface area contributed by atoms with Crippen LogP contribution in [0.25, 0.3) is 0 Å². The highest BCUT2D eigenvalue weighted by molar-refractivity contribution is 5.67. The maximum absolute atomic E-state index is 11.2. The van der Waals surface area contributed by atoms with Gasteiger partial charge in [-0.1, -0.05) is 17.7 Å². The second-order valence-electron chi connectivity index (χ2n) is 5.97. The predicted octanol–water partition coefficient (Wildman–Crippen LogP) is 2.79. The van der Waals surface area contributed by atoms with E-state index in [1.54, 1.807) is 7.11 Å². The van der Waals surface area contributed by atoms with Gasteiger partial charge in [0.25, 0.3) is 0 Å². The molecule has 4 nitrogen and oxygen atoms in total. The summed E-state index contributed by atoms with van der Waals surface area (Å²) in [5.74, 6) is 0.172. The molecule has 0 bridgehead atoms. The fourth-order valence-corrected chi connectivity index (χ4v) is 3.38. The Kier molecular flexibility index (Phi) is 5.23. The van der Waals surface area contributed by atoms with Crippen LogP contribution in [0.3, 0.4) is 0 Å². The van der Waals surface area contributed by atoms with Crippen molar-refractivity contribution in [3.63, 3.8) is 0 Å². The standard InChI is InChI=1S/C17H25NO3/c1-12-8-13(2)17(21-3)14(9-12)10-15(11-16(19)20)18-6-4-5-7-18/h8-9,15H,4-7,10-11H2,1-3H3,(H,19,20). The molecule has 1 saturated heterocycles. The third kappa shape index (κ3) is 3.97. The largest absolute Gasteiger partial charge is 0.496 e. The zero-order chi connectivity index (χ0) is 15.4. The van der Waals surface area contributed by atoms with Crippen molar-refractivity contribution in [1.29, 1.82) is 0 Å². The molecule has 1 unspecified atom stereocenters. The van der Waals surface area contributed by atoms with Crippen molar-refractivity contribution in [3.8, 4) is 5.75 Å². The summed E-state index contributed by atoms with van der Waals surface area (Å²) in [6.45, 7) is 6.12. The monoisotopic (exact) mass is 291 g/mol. The number of methoxy groups -OCH3 is 1. The van der Waals surface area contributed by atoms with Gasteiger partial charge in [-0.2, -0.15) is 0 Å². The van der Waals surface area contributed by atoms with E-state index in [9.17, 15) is 9.90 Å². The van der Waals surface area contributed by atoms with Crippen molar-refractivity contribution >= 4 is 5.97 Å². The molecule has 1 fully saturated rings. The van der Waals surface area contributed by atoms with Crippen LogP contribution < -0.4 is 4.74 Å². The topological polar surface area (TPSA) is 49.8 Å². The first-order valence-electron chi connectivity index (χ1n) is 7.61. The van der Waals surface area contributed by atoms with Crippen LogP contribution in [0.4, 0.5) is 0 Å². The summed E-state index contributed by atoms with van der Waals surface area (Å²) < 4.78 is 5.53. The molecule has 1 aliphatic rings. The van der Waals surface area contributed by atoms with Gasteiger partial charge < -0.3 is 9.84 Å². The number of carboxylic acids is 1. The molecule has 116 valence electrons. The minimum Gasteiger partial charge on any atom is -0.496 e. The minimum atomic E-state index is -0.727. The summed E-state index contributed by atoms with van der Waals surface area (Å²) in [5, 5.41) is 9.20. The number of likely N-dealkylation sites (tertiary alicyclic amines) is 1. The number of aryl methyl sites for hydroxylation is 2. The van der Waals surface area contributed by atoms with Crippen LogP contribution in [0.2, 0.25) is 0 Å². The van der Waals surface area contributed by atoms with Gasteiger partial charge in [-0.25, -0.2) is 0 Å². The van der Waals surface area contributed by atoms with Crippen LogP contribution >= 0.6 is 0 Å². The molecule has 0 aromatic heterocycles. The van der Waals surface area contributed by atoms with E-state index in [-0.39, 0.29) is 12.5 Å². The number of benzene rings is 1. The first-order valence-corrected chi connectivity index (χ1v) is 7.61. The van der Waals surface area contributed by atoms with Crippen molar-refractivity contribution in [2.45, 2.75) is 45.6 Å². The van der Waals surface area contributed by atoms with Crippen molar-refractivity contribution in [1.82, 2.24) is 4.90 Å². The van der Waals surface area contributed by atoms with Crippen molar-refractivity contribution in [2.24, 2.45) is 0 Å². The first kappa shape index (κ1) is 15.8. The molecule has 0 saturated carbocycles. The van der Waals surface area contributed by atoms with Gasteiger partial charge in [0, 0.05) is 6.04 Å². The molecule has 1 N–H and O–H groups in total. The lowest BCUT2D eigenvalue weighted by Gasteiger charge is -2.27. The van der Waals surface area contributed by atoms with Gasteiger partial charge in [0.05, 0.1) is 13.5 Å². The van der Waals surface area contributed by atoms with E-state index < -0.39 is 5.97 Å². The molecule has 21 heavy (non-hydrogen) atoms. The van der Waals surface area contributed by atoms with Crippen molar-refractivity contribution in [2.75, 3.05) is 20.2 Å². The number of carbonyl (C=O) groups is 1. The molecule has 0 amide bonds. The number of hydrogen-bond acceptors (Lipinski definition) is 3. The van der Waals surface area contributed by atoms with Crippen LogP contribution in [0.5, 0.6) is 5.75 Å². The fraction of sp³-hybridized carbons (Fsp3) is 0.588. The average Bonchev–Trinajstić information content (AvgIpc) is 2.90. The number of ether oxygens (including phenoxy) is 1. The van der Waals surface area contributed by atoms with E-state index >= 15 is 0 Å². The zero-order valence-corrected chi connectivity index (χ0v) is 13.2. The van der Waals surface area contributed by atoms with Gasteiger partial charge in [0.1, 0.15) is 5.75 Å². The lowest BCUT2D eigenvalue weighted by Crippen LogP contribution is -2.36. The SMILES string of the molecule is COc1c(C)cc(C)cc1CC(CC(=O)O)N1CCCC1. The molecule has 1 aromatic rings. The summed E-state index contributed by atoms with van der Waals surface area (Å²) in [5.41, 5.74) is 3.43. The summed E-state index contributed by atoms with van der Waals surface area (Å²) in [6, 6.07) is 4.28. The summed E-state index contributed by atoms with van der Waals surface area (Å²) in [6.07, 6.45) is 3.26. The third-order valence-electron chi connectivity index (χ3n) is 4.22. The van der Waals surface area contributed by atoms with E-state index in [1.807, 2.05) is 6.92 Å². The molecule has 1 heterocycles. The Bertz CT molecular complexity index is 507. The van der Waals surface area contributed by atoms with E-state index in [0.717, 1.165) is 36.4 Å². The fourth-order valence-electron chi connectivity index (χ4n) is 3.38. The highest BCUT2D eigenvalue weighted by Crippen LogP contribution is 2.28. The molecule has 2 rings (SSSR count). The molecule has 0 spiro atoms. The summed E-state index contributed by atoms with van der Waals surface area (Å²) in [4.78, 5) is 13.5. The van der Waals surface area contributed by atoms with Crippen LogP contribution in [0, 0.1) is 13.8 Å². The molecule has 1 aliphatic heterocycles. The normalized spacial score (nSPS) is 16.9. The molecule has 4 heteroatoms. The second kappa shape index (κ2) is 6.94. The molecule has 1 atom stereocenters. The lowest BCUT2D eigenvalue weighted by molar-refractivity contribution is -0.138. The number of hydrogen-bond donors (Lipinski definition) is 1. The summed E-state index contributed by atoms with van der Waals surface area (Å²) >= 11 is 0. The van der Waals surface area contributed by atoms with Crippen LogP contribution in [-0.4, -0.2) is 42.2 Å². The number of carboxylic acid groups (broad SMARTS) is 1. The van der Waals surface area contributed by atoms with Gasteiger partial charge in [-0.05, 0) is 57.3 Å². The van der Waals surface area contributed by atoms with Gasteiger partial charge in [-0.3, -0.25) is 9.69 Å². The number of rotatable bonds is 6. The highest BCUT2D eigenvalue weighted by atomic mass is 16.5. The lowest BCUT2D eigenvalue weighted by atomic mass is 9.97. The summed E-state index contributed by atoms with van der Waals surface area (Å²) in [7, 11) is 1.68. The molecule has 0 aliphatic carbocycles. The Balaban J connectivity index is 2.24. The van der Waals surface area contributed by atoms with Gasteiger partial charge in [0.2, 0.25) is 0 Å². The Hall–Kier alpha value is -1.55. The molecule has 0 radical (unpaired) electrons. The van der Waals surface area contributed by atoms with Crippen LogP contribution in [0.1, 0.15) is 36.0 Å². The smallest absolute Gasteiger partial charge is 0.304 e. The Morgan fingerprint density at radius 1 is 1.33 bits per heavy atom. The van der Waals surface area contributed by atoms with E-state index in [4.69, 9.17) is 4.74 Å². The predicted molar refractivity (Wildman–Crippen MR) is 83.0 cm³/mol. The number of aliphatic carboxylic acids is 1. The Labute approximate surface area is 126 Å². The average molecular weight is 291 g/mol.